The molecule has 2 aliphatic heterocycles. The maximum atomic E-state index is 12.9. The Balaban J connectivity index is 1.63. The summed E-state index contributed by atoms with van der Waals surface area (Å²) in [6.07, 6.45) is 2.31. The summed E-state index contributed by atoms with van der Waals surface area (Å²) < 4.78 is 11.1. The van der Waals surface area contributed by atoms with E-state index in [0.717, 1.165) is 17.7 Å². The van der Waals surface area contributed by atoms with Gasteiger partial charge in [0, 0.05) is 31.7 Å². The average molecular weight is 358 g/mol. The Morgan fingerprint density at radius 1 is 1.04 bits per heavy atom. The number of carbonyl (C=O) groups is 2. The lowest BCUT2D eigenvalue weighted by molar-refractivity contribution is -0.127. The van der Waals surface area contributed by atoms with Crippen LogP contribution in [0.25, 0.3) is 6.08 Å². The molecule has 140 valence electrons. The van der Waals surface area contributed by atoms with Gasteiger partial charge in [0.15, 0.2) is 0 Å². The van der Waals surface area contributed by atoms with Crippen LogP contribution >= 0.6 is 0 Å². The lowest BCUT2D eigenvalue weighted by Crippen LogP contribution is -2.40. The number of hydrogen-bond donors (Lipinski definition) is 0. The molecular weight excluding hydrogens is 332 g/mol. The summed E-state index contributed by atoms with van der Waals surface area (Å²) in [6, 6.07) is 7.68. The van der Waals surface area contributed by atoms with Crippen LogP contribution < -0.4 is 4.74 Å². The van der Waals surface area contributed by atoms with Gasteiger partial charge in [-0.2, -0.15) is 0 Å². The van der Waals surface area contributed by atoms with Crippen LogP contribution in [0.15, 0.2) is 29.8 Å². The van der Waals surface area contributed by atoms with Crippen molar-refractivity contribution in [3.8, 4) is 5.75 Å². The Labute approximate surface area is 154 Å². The normalized spacial score (nSPS) is 17.6. The monoisotopic (exact) mass is 358 g/mol. The van der Waals surface area contributed by atoms with Gasteiger partial charge in [0.05, 0.1) is 5.57 Å². The molecule has 1 aromatic rings. The number of nitrogens with zero attached hydrogens (tertiary/aromatic N) is 2. The van der Waals surface area contributed by atoms with Gasteiger partial charge in [-0.25, -0.2) is 4.79 Å². The van der Waals surface area contributed by atoms with E-state index >= 15 is 0 Å². The van der Waals surface area contributed by atoms with Gasteiger partial charge in [-0.15, -0.1) is 0 Å². The molecule has 0 bridgehead atoms. The van der Waals surface area contributed by atoms with E-state index in [0.29, 0.717) is 31.8 Å². The summed E-state index contributed by atoms with van der Waals surface area (Å²) in [5, 5.41) is 0. The minimum Gasteiger partial charge on any atom is -0.488 e. The van der Waals surface area contributed by atoms with Crippen molar-refractivity contribution in [3.63, 3.8) is 0 Å². The summed E-state index contributed by atoms with van der Waals surface area (Å²) in [6.45, 7) is 8.03. The predicted octanol–water partition coefficient (Wildman–Crippen LogP) is 2.93. The van der Waals surface area contributed by atoms with Crippen LogP contribution in [0.3, 0.4) is 0 Å². The highest BCUT2D eigenvalue weighted by atomic mass is 16.6. The van der Waals surface area contributed by atoms with Crippen molar-refractivity contribution in [2.75, 3.05) is 32.8 Å². The van der Waals surface area contributed by atoms with Crippen LogP contribution in [0.4, 0.5) is 4.79 Å². The number of amides is 2. The number of carbonyl (C=O) groups excluding carboxylic acids is 2. The van der Waals surface area contributed by atoms with Gasteiger partial charge >= 0.3 is 6.09 Å². The molecule has 26 heavy (non-hydrogen) atoms. The SMILES string of the molecule is CC(C)(C)OC(=O)N1CCCN(C(=O)C2=Cc3ccccc3OC2)CC1. The fourth-order valence-corrected chi connectivity index (χ4v) is 3.07. The van der Waals surface area contributed by atoms with Gasteiger partial charge < -0.3 is 19.3 Å². The van der Waals surface area contributed by atoms with E-state index < -0.39 is 5.60 Å². The zero-order chi connectivity index (χ0) is 18.7. The molecule has 2 heterocycles. The summed E-state index contributed by atoms with van der Waals surface area (Å²) >= 11 is 0. The van der Waals surface area contributed by atoms with Crippen LogP contribution in [0.5, 0.6) is 5.75 Å². The summed E-state index contributed by atoms with van der Waals surface area (Å²) in [5.74, 6) is 0.779. The molecule has 6 heteroatoms. The number of rotatable bonds is 1. The molecule has 0 spiro atoms. The fourth-order valence-electron chi connectivity index (χ4n) is 3.07. The van der Waals surface area contributed by atoms with Crippen molar-refractivity contribution in [2.45, 2.75) is 32.8 Å². The van der Waals surface area contributed by atoms with Gasteiger partial charge in [0.25, 0.3) is 5.91 Å². The molecule has 1 fully saturated rings. The van der Waals surface area contributed by atoms with E-state index in [1.807, 2.05) is 51.1 Å². The highest BCUT2D eigenvalue weighted by molar-refractivity contribution is 5.99. The molecule has 1 aromatic carbocycles. The van der Waals surface area contributed by atoms with E-state index in [1.54, 1.807) is 9.80 Å². The largest absolute Gasteiger partial charge is 0.488 e. The Morgan fingerprint density at radius 3 is 2.50 bits per heavy atom. The van der Waals surface area contributed by atoms with E-state index in [1.165, 1.54) is 0 Å². The van der Waals surface area contributed by atoms with Gasteiger partial charge in [-0.05, 0) is 39.3 Å². The standard InChI is InChI=1S/C20H26N2O4/c1-20(2,3)26-19(24)22-10-6-9-21(11-12-22)18(23)16-13-15-7-4-5-8-17(15)25-14-16/h4-5,7-8,13H,6,9-12,14H2,1-3H3. The smallest absolute Gasteiger partial charge is 0.410 e. The van der Waals surface area contributed by atoms with Crippen molar-refractivity contribution in [1.82, 2.24) is 9.80 Å². The van der Waals surface area contributed by atoms with Crippen molar-refractivity contribution < 1.29 is 19.1 Å². The van der Waals surface area contributed by atoms with Crippen LogP contribution in [0.2, 0.25) is 0 Å². The zero-order valence-electron chi connectivity index (χ0n) is 15.7. The van der Waals surface area contributed by atoms with Crippen molar-refractivity contribution in [1.29, 1.82) is 0 Å². The quantitative estimate of drug-likeness (QED) is 0.774. The lowest BCUT2D eigenvalue weighted by atomic mass is 10.1. The maximum Gasteiger partial charge on any atom is 0.410 e. The number of ether oxygens (including phenoxy) is 2. The molecule has 0 saturated carbocycles. The molecule has 0 aliphatic carbocycles. The Morgan fingerprint density at radius 2 is 1.73 bits per heavy atom. The summed E-state index contributed by atoms with van der Waals surface area (Å²) in [5.41, 5.74) is 1.05. The molecule has 0 radical (unpaired) electrons. The molecule has 1 saturated heterocycles. The third-order valence-electron chi connectivity index (χ3n) is 4.34. The molecule has 0 atom stereocenters. The first-order valence-corrected chi connectivity index (χ1v) is 9.03. The van der Waals surface area contributed by atoms with Crippen LogP contribution in [-0.4, -0.2) is 60.2 Å². The lowest BCUT2D eigenvalue weighted by Gasteiger charge is -2.27. The van der Waals surface area contributed by atoms with Crippen molar-refractivity contribution in [3.05, 3.63) is 35.4 Å². The Bertz CT molecular complexity index is 721. The van der Waals surface area contributed by atoms with E-state index in [4.69, 9.17) is 9.47 Å². The van der Waals surface area contributed by atoms with E-state index in [-0.39, 0.29) is 18.6 Å². The van der Waals surface area contributed by atoms with Gasteiger partial charge in [-0.1, -0.05) is 18.2 Å². The number of para-hydroxylation sites is 1. The second-order valence-electron chi connectivity index (χ2n) is 7.61. The molecule has 3 rings (SSSR count). The average Bonchev–Trinajstić information content (AvgIpc) is 2.85. The van der Waals surface area contributed by atoms with Gasteiger partial charge in [0.1, 0.15) is 18.0 Å². The van der Waals surface area contributed by atoms with Crippen molar-refractivity contribution >= 4 is 18.1 Å². The molecule has 0 aromatic heterocycles. The molecule has 2 amide bonds. The number of fused-ring (bicyclic) bond motifs is 1. The second-order valence-corrected chi connectivity index (χ2v) is 7.61. The van der Waals surface area contributed by atoms with Crippen LogP contribution in [0.1, 0.15) is 32.8 Å². The first kappa shape index (κ1) is 18.3. The van der Waals surface area contributed by atoms with E-state index in [9.17, 15) is 9.59 Å². The predicted molar refractivity (Wildman–Crippen MR) is 98.9 cm³/mol. The zero-order valence-corrected chi connectivity index (χ0v) is 15.7. The summed E-state index contributed by atoms with van der Waals surface area (Å²) in [4.78, 5) is 28.6. The third kappa shape index (κ3) is 4.36. The van der Waals surface area contributed by atoms with Crippen LogP contribution in [-0.2, 0) is 9.53 Å². The number of benzene rings is 1. The Hall–Kier alpha value is -2.50. The highest BCUT2D eigenvalue weighted by Crippen LogP contribution is 2.26. The number of hydrogen-bond acceptors (Lipinski definition) is 4. The Kier molecular flexibility index (Phi) is 5.20. The maximum absolute atomic E-state index is 12.9. The van der Waals surface area contributed by atoms with Crippen molar-refractivity contribution in [2.24, 2.45) is 0 Å². The van der Waals surface area contributed by atoms with Crippen LogP contribution in [0, 0.1) is 0 Å². The molecule has 2 aliphatic rings. The van der Waals surface area contributed by atoms with Gasteiger partial charge in [-0.3, -0.25) is 4.79 Å². The van der Waals surface area contributed by atoms with E-state index in [2.05, 4.69) is 0 Å². The molecular formula is C20H26N2O4. The molecule has 6 nitrogen and oxygen atoms in total. The topological polar surface area (TPSA) is 59.1 Å². The first-order chi connectivity index (χ1) is 12.3. The minimum atomic E-state index is -0.517. The minimum absolute atomic E-state index is 0.0226. The third-order valence-corrected chi connectivity index (χ3v) is 4.34. The second kappa shape index (κ2) is 7.40. The van der Waals surface area contributed by atoms with Gasteiger partial charge in [0.2, 0.25) is 0 Å². The molecule has 0 N–H and O–H groups in total. The summed E-state index contributed by atoms with van der Waals surface area (Å²) in [7, 11) is 0. The first-order valence-electron chi connectivity index (χ1n) is 9.03. The fraction of sp³-hybridized carbons (Fsp3) is 0.500. The highest BCUT2D eigenvalue weighted by Gasteiger charge is 2.28. The molecule has 0 unspecified atom stereocenters.